The number of benzene rings is 1. The molecule has 0 aliphatic carbocycles. The quantitative estimate of drug-likeness (QED) is 0.764. The van der Waals surface area contributed by atoms with Crippen molar-refractivity contribution in [1.29, 1.82) is 0 Å². The first kappa shape index (κ1) is 16.5. The van der Waals surface area contributed by atoms with Gasteiger partial charge in [0.25, 0.3) is 0 Å². The van der Waals surface area contributed by atoms with Crippen molar-refractivity contribution in [2.45, 2.75) is 34.1 Å². The summed E-state index contributed by atoms with van der Waals surface area (Å²) >= 11 is 0. The molecule has 0 radical (unpaired) electrons. The molecule has 20 heavy (non-hydrogen) atoms. The zero-order chi connectivity index (χ0) is 15.1. The molecule has 0 N–H and O–H groups in total. The molecule has 1 amide bonds. The predicted molar refractivity (Wildman–Crippen MR) is 83.0 cm³/mol. The minimum absolute atomic E-state index is 0.206. The summed E-state index contributed by atoms with van der Waals surface area (Å²) in [5, 5.41) is 0. The number of rotatable bonds is 7. The minimum atomic E-state index is 0.206. The van der Waals surface area contributed by atoms with E-state index < -0.39 is 0 Å². The maximum Gasteiger partial charge on any atom is 0.227 e. The third-order valence-electron chi connectivity index (χ3n) is 3.04. The number of ether oxygens (including phenoxy) is 1. The molecule has 0 spiro atoms. The summed E-state index contributed by atoms with van der Waals surface area (Å²) in [4.78, 5) is 14.4. The fourth-order valence-corrected chi connectivity index (χ4v) is 2.19. The number of hydrogen-bond donors (Lipinski definition) is 0. The van der Waals surface area contributed by atoms with Crippen molar-refractivity contribution in [1.82, 2.24) is 4.90 Å². The summed E-state index contributed by atoms with van der Waals surface area (Å²) in [6.45, 7) is 10.2. The van der Waals surface area contributed by atoms with E-state index in [1.165, 1.54) is 0 Å². The monoisotopic (exact) mass is 277 g/mol. The molecule has 0 saturated carbocycles. The molecule has 112 valence electrons. The van der Waals surface area contributed by atoms with Crippen LogP contribution in [0.2, 0.25) is 0 Å². The summed E-state index contributed by atoms with van der Waals surface area (Å²) in [6.07, 6.45) is 0.462. The first-order valence-corrected chi connectivity index (χ1v) is 7.33. The highest BCUT2D eigenvalue weighted by Crippen LogP contribution is 2.13. The Labute approximate surface area is 122 Å². The summed E-state index contributed by atoms with van der Waals surface area (Å²) in [7, 11) is 1.65. The second kappa shape index (κ2) is 7.93. The van der Waals surface area contributed by atoms with Gasteiger partial charge in [-0.05, 0) is 29.5 Å². The highest BCUT2D eigenvalue weighted by Gasteiger charge is 2.16. The van der Waals surface area contributed by atoms with Crippen molar-refractivity contribution in [2.75, 3.05) is 20.2 Å². The zero-order valence-electron chi connectivity index (χ0n) is 13.3. The molecule has 0 bridgehead atoms. The molecule has 1 aromatic rings. The van der Waals surface area contributed by atoms with Gasteiger partial charge in [0.15, 0.2) is 0 Å². The lowest BCUT2D eigenvalue weighted by atomic mass is 10.1. The number of nitrogens with zero attached hydrogens (tertiary/aromatic N) is 1. The van der Waals surface area contributed by atoms with E-state index in [0.29, 0.717) is 18.3 Å². The van der Waals surface area contributed by atoms with E-state index in [2.05, 4.69) is 27.7 Å². The Hall–Kier alpha value is -1.51. The van der Waals surface area contributed by atoms with Gasteiger partial charge in [-0.2, -0.15) is 0 Å². The fraction of sp³-hybridized carbons (Fsp3) is 0.588. The van der Waals surface area contributed by atoms with Crippen LogP contribution in [0.4, 0.5) is 0 Å². The van der Waals surface area contributed by atoms with Crippen molar-refractivity contribution in [3.05, 3.63) is 29.8 Å². The second-order valence-corrected chi connectivity index (χ2v) is 6.11. The molecule has 0 unspecified atom stereocenters. The molecule has 0 aliphatic rings. The highest BCUT2D eigenvalue weighted by molar-refractivity contribution is 5.78. The highest BCUT2D eigenvalue weighted by atomic mass is 16.5. The molecular formula is C17H27NO2. The summed E-state index contributed by atoms with van der Waals surface area (Å²) in [5.41, 5.74) is 1.04. The average molecular weight is 277 g/mol. The Morgan fingerprint density at radius 3 is 1.95 bits per heavy atom. The standard InChI is InChI=1S/C17H27NO2/c1-13(2)11-18(12-14(3)4)17(19)10-15-6-8-16(20-5)9-7-15/h6-9,13-14H,10-12H2,1-5H3. The summed E-state index contributed by atoms with van der Waals surface area (Å²) in [5.74, 6) is 2.02. The molecule has 0 fully saturated rings. The average Bonchev–Trinajstić information content (AvgIpc) is 2.37. The Morgan fingerprint density at radius 2 is 1.55 bits per heavy atom. The van der Waals surface area contributed by atoms with Crippen molar-refractivity contribution < 1.29 is 9.53 Å². The van der Waals surface area contributed by atoms with Crippen molar-refractivity contribution in [3.8, 4) is 5.75 Å². The lowest BCUT2D eigenvalue weighted by Crippen LogP contribution is -2.37. The van der Waals surface area contributed by atoms with Crippen LogP contribution >= 0.6 is 0 Å². The van der Waals surface area contributed by atoms with Crippen LogP contribution in [0, 0.1) is 11.8 Å². The molecule has 0 saturated heterocycles. The van der Waals surface area contributed by atoms with Gasteiger partial charge in [0.05, 0.1) is 13.5 Å². The number of carbonyl (C=O) groups excluding carboxylic acids is 1. The maximum absolute atomic E-state index is 12.4. The van der Waals surface area contributed by atoms with E-state index in [9.17, 15) is 4.79 Å². The van der Waals surface area contributed by atoms with E-state index in [-0.39, 0.29) is 5.91 Å². The van der Waals surface area contributed by atoms with E-state index in [0.717, 1.165) is 24.4 Å². The minimum Gasteiger partial charge on any atom is -0.497 e. The largest absolute Gasteiger partial charge is 0.497 e. The normalized spacial score (nSPS) is 10.9. The van der Waals surface area contributed by atoms with Crippen molar-refractivity contribution in [3.63, 3.8) is 0 Å². The molecule has 0 aromatic heterocycles. The van der Waals surface area contributed by atoms with Gasteiger partial charge in [-0.25, -0.2) is 0 Å². The van der Waals surface area contributed by atoms with E-state index in [1.807, 2.05) is 29.2 Å². The van der Waals surface area contributed by atoms with Crippen LogP contribution in [0.3, 0.4) is 0 Å². The number of carbonyl (C=O) groups is 1. The summed E-state index contributed by atoms with van der Waals surface area (Å²) < 4.78 is 5.13. The number of amides is 1. The van der Waals surface area contributed by atoms with Gasteiger partial charge in [0.1, 0.15) is 5.75 Å². The molecule has 0 atom stereocenters. The van der Waals surface area contributed by atoms with E-state index >= 15 is 0 Å². The fourth-order valence-electron chi connectivity index (χ4n) is 2.19. The molecule has 1 rings (SSSR count). The van der Waals surface area contributed by atoms with Gasteiger partial charge in [-0.3, -0.25) is 4.79 Å². The second-order valence-electron chi connectivity index (χ2n) is 6.11. The zero-order valence-corrected chi connectivity index (χ0v) is 13.3. The van der Waals surface area contributed by atoms with Crippen LogP contribution in [0.25, 0.3) is 0 Å². The number of hydrogen-bond acceptors (Lipinski definition) is 2. The first-order chi connectivity index (χ1) is 9.42. The van der Waals surface area contributed by atoms with Crippen molar-refractivity contribution >= 4 is 5.91 Å². The Kier molecular flexibility index (Phi) is 6.56. The van der Waals surface area contributed by atoms with Crippen LogP contribution in [0.1, 0.15) is 33.3 Å². The lowest BCUT2D eigenvalue weighted by Gasteiger charge is -2.26. The SMILES string of the molecule is COc1ccc(CC(=O)N(CC(C)C)CC(C)C)cc1. The third kappa shape index (κ3) is 5.64. The van der Waals surface area contributed by atoms with Crippen molar-refractivity contribution in [2.24, 2.45) is 11.8 Å². The smallest absolute Gasteiger partial charge is 0.227 e. The van der Waals surface area contributed by atoms with Crippen LogP contribution in [0.15, 0.2) is 24.3 Å². The topological polar surface area (TPSA) is 29.5 Å². The van der Waals surface area contributed by atoms with Gasteiger partial charge >= 0.3 is 0 Å². The van der Waals surface area contributed by atoms with Gasteiger partial charge < -0.3 is 9.64 Å². The van der Waals surface area contributed by atoms with Crippen LogP contribution < -0.4 is 4.74 Å². The van der Waals surface area contributed by atoms with E-state index in [1.54, 1.807) is 7.11 Å². The Balaban J connectivity index is 2.68. The molecule has 1 aromatic carbocycles. The van der Waals surface area contributed by atoms with Gasteiger partial charge in [-0.15, -0.1) is 0 Å². The van der Waals surface area contributed by atoms with Gasteiger partial charge in [0, 0.05) is 13.1 Å². The molecular weight excluding hydrogens is 250 g/mol. The van der Waals surface area contributed by atoms with Gasteiger partial charge in [0.2, 0.25) is 5.91 Å². The van der Waals surface area contributed by atoms with E-state index in [4.69, 9.17) is 4.74 Å². The Bertz CT molecular complexity index is 400. The Morgan fingerprint density at radius 1 is 1.05 bits per heavy atom. The van der Waals surface area contributed by atoms with Crippen LogP contribution in [-0.2, 0) is 11.2 Å². The molecule has 3 nitrogen and oxygen atoms in total. The van der Waals surface area contributed by atoms with Gasteiger partial charge in [-0.1, -0.05) is 39.8 Å². The molecule has 0 aliphatic heterocycles. The number of methoxy groups -OCH3 is 1. The molecule has 3 heteroatoms. The van der Waals surface area contributed by atoms with Crippen LogP contribution in [-0.4, -0.2) is 31.0 Å². The predicted octanol–water partition coefficient (Wildman–Crippen LogP) is 3.38. The summed E-state index contributed by atoms with van der Waals surface area (Å²) in [6, 6.07) is 7.72. The van der Waals surface area contributed by atoms with Crippen LogP contribution in [0.5, 0.6) is 5.75 Å². The lowest BCUT2D eigenvalue weighted by molar-refractivity contribution is -0.131. The first-order valence-electron chi connectivity index (χ1n) is 7.33. The molecule has 0 heterocycles. The maximum atomic E-state index is 12.4. The third-order valence-corrected chi connectivity index (χ3v) is 3.04.